The van der Waals surface area contributed by atoms with E-state index in [1.165, 1.54) is 17.7 Å². The van der Waals surface area contributed by atoms with Crippen LogP contribution in [0, 0.1) is 12.8 Å². The smallest absolute Gasteiger partial charge is 0.235 e. The minimum absolute atomic E-state index is 0.525. The largest absolute Gasteiger partial charge is 0.424 e. The first-order valence-corrected chi connectivity index (χ1v) is 7.28. The Morgan fingerprint density at radius 3 is 2.80 bits per heavy atom. The summed E-state index contributed by atoms with van der Waals surface area (Å²) in [5, 5.41) is 8.08. The summed E-state index contributed by atoms with van der Waals surface area (Å²) in [5.41, 5.74) is 2.73. The van der Waals surface area contributed by atoms with Crippen molar-refractivity contribution in [3.05, 3.63) is 41.6 Å². The first-order valence-electron chi connectivity index (χ1n) is 7.28. The van der Waals surface area contributed by atoms with Crippen LogP contribution in [-0.2, 0) is 13.0 Å². The lowest BCUT2D eigenvalue weighted by atomic mass is 9.89. The summed E-state index contributed by atoms with van der Waals surface area (Å²) in [4.78, 5) is 2.43. The van der Waals surface area contributed by atoms with Crippen LogP contribution in [0.1, 0.15) is 37.6 Å². The summed E-state index contributed by atoms with van der Waals surface area (Å²) < 4.78 is 5.57. The number of hydrogen-bond acceptors (Lipinski definition) is 4. The Kier molecular flexibility index (Phi) is 3.47. The summed E-state index contributed by atoms with van der Waals surface area (Å²) in [6, 6.07) is 9.17. The number of rotatable bonds is 3. The quantitative estimate of drug-likeness (QED) is 0.858. The lowest BCUT2D eigenvalue weighted by Gasteiger charge is -2.40. The van der Waals surface area contributed by atoms with Crippen LogP contribution in [0.5, 0.6) is 0 Å². The van der Waals surface area contributed by atoms with Gasteiger partial charge in [-0.15, -0.1) is 10.2 Å². The SMILES string of the molecule is Cc1nnc(CN2c3ccccc3CCC2C(C)C)o1. The van der Waals surface area contributed by atoms with Gasteiger partial charge in [-0.2, -0.15) is 0 Å². The molecule has 106 valence electrons. The highest BCUT2D eigenvalue weighted by molar-refractivity contribution is 5.56. The Morgan fingerprint density at radius 1 is 1.30 bits per heavy atom. The predicted octanol–water partition coefficient (Wildman–Crippen LogP) is 3.36. The molecule has 0 amide bonds. The molecule has 0 bridgehead atoms. The van der Waals surface area contributed by atoms with Gasteiger partial charge in [0.2, 0.25) is 11.8 Å². The van der Waals surface area contributed by atoms with Crippen LogP contribution in [0.15, 0.2) is 28.7 Å². The van der Waals surface area contributed by atoms with Crippen molar-refractivity contribution in [2.24, 2.45) is 5.92 Å². The van der Waals surface area contributed by atoms with E-state index in [0.29, 0.717) is 30.3 Å². The summed E-state index contributed by atoms with van der Waals surface area (Å²) in [6.45, 7) is 7.09. The minimum atomic E-state index is 0.525. The maximum absolute atomic E-state index is 5.57. The molecular formula is C16H21N3O. The second kappa shape index (κ2) is 5.27. The summed E-state index contributed by atoms with van der Waals surface area (Å²) in [5.74, 6) is 1.93. The fourth-order valence-corrected chi connectivity index (χ4v) is 3.08. The van der Waals surface area contributed by atoms with Gasteiger partial charge in [-0.25, -0.2) is 0 Å². The number of aromatic nitrogens is 2. The Bertz CT molecular complexity index is 591. The lowest BCUT2D eigenvalue weighted by molar-refractivity contribution is 0.386. The third-order valence-corrected chi connectivity index (χ3v) is 4.05. The molecule has 0 saturated carbocycles. The Hall–Kier alpha value is -1.84. The molecule has 0 spiro atoms. The molecule has 0 fully saturated rings. The fourth-order valence-electron chi connectivity index (χ4n) is 3.08. The molecule has 1 aromatic heterocycles. The average Bonchev–Trinajstić information content (AvgIpc) is 2.84. The molecule has 3 rings (SSSR count). The maximum atomic E-state index is 5.57. The van der Waals surface area contributed by atoms with Crippen molar-refractivity contribution >= 4 is 5.69 Å². The third-order valence-electron chi connectivity index (χ3n) is 4.05. The molecule has 2 heterocycles. The number of fused-ring (bicyclic) bond motifs is 1. The van der Waals surface area contributed by atoms with Crippen molar-refractivity contribution in [3.8, 4) is 0 Å². The van der Waals surface area contributed by atoms with Gasteiger partial charge in [0.25, 0.3) is 0 Å². The maximum Gasteiger partial charge on any atom is 0.235 e. The van der Waals surface area contributed by atoms with Crippen LogP contribution >= 0.6 is 0 Å². The molecule has 2 aromatic rings. The highest BCUT2D eigenvalue weighted by Gasteiger charge is 2.29. The third kappa shape index (κ3) is 2.42. The number of nitrogens with zero attached hydrogens (tertiary/aromatic N) is 3. The van der Waals surface area contributed by atoms with E-state index in [9.17, 15) is 0 Å². The first-order chi connectivity index (χ1) is 9.65. The van der Waals surface area contributed by atoms with Gasteiger partial charge in [0.05, 0.1) is 6.54 Å². The van der Waals surface area contributed by atoms with Crippen molar-refractivity contribution in [1.29, 1.82) is 0 Å². The molecular weight excluding hydrogens is 250 g/mol. The van der Waals surface area contributed by atoms with E-state index in [1.807, 2.05) is 6.92 Å². The molecule has 4 nitrogen and oxygen atoms in total. The van der Waals surface area contributed by atoms with E-state index in [2.05, 4.69) is 53.2 Å². The second-order valence-corrected chi connectivity index (χ2v) is 5.82. The zero-order valence-corrected chi connectivity index (χ0v) is 12.3. The van der Waals surface area contributed by atoms with Crippen molar-refractivity contribution in [3.63, 3.8) is 0 Å². The number of hydrogen-bond donors (Lipinski definition) is 0. The van der Waals surface area contributed by atoms with Crippen molar-refractivity contribution in [2.45, 2.75) is 46.2 Å². The van der Waals surface area contributed by atoms with Gasteiger partial charge in [-0.05, 0) is 30.4 Å². The highest BCUT2D eigenvalue weighted by atomic mass is 16.4. The van der Waals surface area contributed by atoms with E-state index in [4.69, 9.17) is 4.42 Å². The van der Waals surface area contributed by atoms with Crippen LogP contribution in [0.2, 0.25) is 0 Å². The molecule has 1 atom stereocenters. The van der Waals surface area contributed by atoms with Gasteiger partial charge in [-0.3, -0.25) is 0 Å². The van der Waals surface area contributed by atoms with E-state index in [-0.39, 0.29) is 0 Å². The molecule has 0 aliphatic carbocycles. The van der Waals surface area contributed by atoms with Crippen LogP contribution in [0.3, 0.4) is 0 Å². The van der Waals surface area contributed by atoms with Crippen LogP contribution in [-0.4, -0.2) is 16.2 Å². The summed E-state index contributed by atoms with van der Waals surface area (Å²) in [7, 11) is 0. The number of aryl methyl sites for hydroxylation is 2. The molecule has 4 heteroatoms. The molecule has 0 saturated heterocycles. The van der Waals surface area contributed by atoms with Crippen LogP contribution < -0.4 is 4.90 Å². The molecule has 1 aliphatic rings. The topological polar surface area (TPSA) is 42.2 Å². The van der Waals surface area contributed by atoms with E-state index in [1.54, 1.807) is 0 Å². The second-order valence-electron chi connectivity index (χ2n) is 5.82. The van der Waals surface area contributed by atoms with Crippen molar-refractivity contribution < 1.29 is 4.42 Å². The lowest BCUT2D eigenvalue weighted by Crippen LogP contribution is -2.42. The zero-order chi connectivity index (χ0) is 14.1. The van der Waals surface area contributed by atoms with E-state index >= 15 is 0 Å². The molecule has 1 aromatic carbocycles. The Balaban J connectivity index is 1.94. The zero-order valence-electron chi connectivity index (χ0n) is 12.3. The normalized spacial score (nSPS) is 18.4. The molecule has 0 N–H and O–H groups in total. The number of para-hydroxylation sites is 1. The fraction of sp³-hybridized carbons (Fsp3) is 0.500. The van der Waals surface area contributed by atoms with Crippen LogP contribution in [0.4, 0.5) is 5.69 Å². The number of benzene rings is 1. The van der Waals surface area contributed by atoms with Crippen molar-refractivity contribution in [1.82, 2.24) is 10.2 Å². The Morgan fingerprint density at radius 2 is 2.10 bits per heavy atom. The average molecular weight is 271 g/mol. The Labute approximate surface area is 119 Å². The van der Waals surface area contributed by atoms with Crippen molar-refractivity contribution in [2.75, 3.05) is 4.90 Å². The summed E-state index contributed by atoms with van der Waals surface area (Å²) >= 11 is 0. The van der Waals surface area contributed by atoms with Gasteiger partial charge in [0, 0.05) is 18.7 Å². The van der Waals surface area contributed by atoms with Gasteiger partial charge < -0.3 is 9.32 Å². The number of anilines is 1. The van der Waals surface area contributed by atoms with Gasteiger partial charge in [0.15, 0.2) is 0 Å². The molecule has 1 unspecified atom stereocenters. The molecule has 0 radical (unpaired) electrons. The van der Waals surface area contributed by atoms with Crippen LogP contribution in [0.25, 0.3) is 0 Å². The highest BCUT2D eigenvalue weighted by Crippen LogP contribution is 2.34. The summed E-state index contributed by atoms with van der Waals surface area (Å²) in [6.07, 6.45) is 2.33. The standard InChI is InChI=1S/C16H21N3O/c1-11(2)14-9-8-13-6-4-5-7-15(13)19(14)10-16-18-17-12(3)20-16/h4-7,11,14H,8-10H2,1-3H3. The van der Waals surface area contributed by atoms with Gasteiger partial charge in [-0.1, -0.05) is 32.0 Å². The monoisotopic (exact) mass is 271 g/mol. The predicted molar refractivity (Wildman–Crippen MR) is 78.6 cm³/mol. The van der Waals surface area contributed by atoms with E-state index in [0.717, 1.165) is 6.42 Å². The van der Waals surface area contributed by atoms with Gasteiger partial charge in [0.1, 0.15) is 0 Å². The first kappa shape index (κ1) is 13.2. The molecule has 1 aliphatic heterocycles. The minimum Gasteiger partial charge on any atom is -0.424 e. The van der Waals surface area contributed by atoms with E-state index < -0.39 is 0 Å². The van der Waals surface area contributed by atoms with Gasteiger partial charge >= 0.3 is 0 Å². The molecule has 20 heavy (non-hydrogen) atoms.